The van der Waals surface area contributed by atoms with Crippen LogP contribution in [0.25, 0.3) is 0 Å². The lowest BCUT2D eigenvalue weighted by atomic mass is 11.0. The maximum absolute atomic E-state index is 5.52. The third-order valence-electron chi connectivity index (χ3n) is 1.25. The van der Waals surface area contributed by atoms with Crippen LogP contribution in [0.5, 0.6) is 0 Å². The molecule has 1 nitrogen and oxygen atoms in total. The molecule has 0 saturated carbocycles. The lowest BCUT2D eigenvalue weighted by molar-refractivity contribution is 0.405. The van der Waals surface area contributed by atoms with Gasteiger partial charge < -0.3 is 4.43 Å². The zero-order chi connectivity index (χ0) is 6.62. The lowest BCUT2D eigenvalue weighted by Crippen LogP contribution is -2.28. The molecule has 0 N–H and O–H groups in total. The maximum atomic E-state index is 5.52. The minimum absolute atomic E-state index is 0.729. The van der Waals surface area contributed by atoms with Crippen molar-refractivity contribution in [1.29, 1.82) is 0 Å². The van der Waals surface area contributed by atoms with Gasteiger partial charge in [-0.15, -0.1) is 11.6 Å². The monoisotopic (exact) mass is 152 g/mol. The van der Waals surface area contributed by atoms with E-state index in [4.69, 9.17) is 16.0 Å². The first-order valence-corrected chi connectivity index (χ1v) is 6.38. The van der Waals surface area contributed by atoms with Crippen molar-refractivity contribution in [1.82, 2.24) is 0 Å². The molecular weight excluding hydrogens is 140 g/mol. The van der Waals surface area contributed by atoms with Crippen molar-refractivity contribution in [2.45, 2.75) is 19.1 Å². The molecule has 0 aromatic rings. The molecule has 50 valence electrons. The second kappa shape index (κ2) is 3.48. The molecule has 0 bridgehead atoms. The second-order valence-electron chi connectivity index (χ2n) is 2.40. The van der Waals surface area contributed by atoms with E-state index >= 15 is 0 Å². The quantitative estimate of drug-likeness (QED) is 0.445. The van der Waals surface area contributed by atoms with Gasteiger partial charge in [-0.3, -0.25) is 0 Å². The highest BCUT2D eigenvalue weighted by Crippen LogP contribution is 2.09. The van der Waals surface area contributed by atoms with E-state index < -0.39 is 8.32 Å². The molecule has 0 aromatic carbocycles. The molecule has 0 aliphatic rings. The molecule has 0 aliphatic heterocycles. The maximum Gasteiger partial charge on any atom is 0.187 e. The van der Waals surface area contributed by atoms with Crippen molar-refractivity contribution in [2.75, 3.05) is 13.0 Å². The van der Waals surface area contributed by atoms with Crippen molar-refractivity contribution in [3.05, 3.63) is 0 Å². The molecule has 0 aromatic heterocycles. The summed E-state index contributed by atoms with van der Waals surface area (Å²) in [6, 6.07) is 1.05. The van der Waals surface area contributed by atoms with Crippen LogP contribution >= 0.6 is 11.6 Å². The second-order valence-corrected chi connectivity index (χ2v) is 7.21. The third kappa shape index (κ3) is 3.47. The fourth-order valence-electron chi connectivity index (χ4n) is 0.330. The molecule has 8 heavy (non-hydrogen) atoms. The molecule has 0 atom stereocenters. The van der Waals surface area contributed by atoms with Crippen LogP contribution in [0.1, 0.15) is 0 Å². The highest BCUT2D eigenvalue weighted by Gasteiger charge is 2.18. The Kier molecular flexibility index (Phi) is 3.69. The Bertz CT molecular complexity index is 65.4. The van der Waals surface area contributed by atoms with Crippen LogP contribution in [0.15, 0.2) is 0 Å². The Balaban J connectivity index is 3.37. The molecule has 0 aliphatic carbocycles. The zero-order valence-electron chi connectivity index (χ0n) is 5.70. The van der Waals surface area contributed by atoms with Crippen molar-refractivity contribution >= 4 is 19.9 Å². The van der Waals surface area contributed by atoms with Gasteiger partial charge in [0, 0.05) is 13.0 Å². The normalized spacial score (nSPS) is 12.0. The Labute approximate surface area is 57.1 Å². The molecular formula is C5H13ClOSi. The van der Waals surface area contributed by atoms with Crippen molar-refractivity contribution in [2.24, 2.45) is 0 Å². The van der Waals surface area contributed by atoms with Gasteiger partial charge in [0.15, 0.2) is 8.32 Å². The fraction of sp³-hybridized carbons (Fsp3) is 1.00. The first-order valence-electron chi connectivity index (χ1n) is 2.73. The van der Waals surface area contributed by atoms with E-state index in [1.807, 2.05) is 0 Å². The van der Waals surface area contributed by atoms with Gasteiger partial charge in [-0.25, -0.2) is 0 Å². The molecule has 0 radical (unpaired) electrons. The van der Waals surface area contributed by atoms with E-state index in [2.05, 4.69) is 13.1 Å². The van der Waals surface area contributed by atoms with Crippen LogP contribution in [0, 0.1) is 0 Å². The summed E-state index contributed by atoms with van der Waals surface area (Å²) >= 11 is 5.52. The molecule has 0 fully saturated rings. The van der Waals surface area contributed by atoms with E-state index in [-0.39, 0.29) is 0 Å². The lowest BCUT2D eigenvalue weighted by Gasteiger charge is -2.17. The molecule has 0 saturated heterocycles. The molecule has 0 heterocycles. The molecule has 3 heteroatoms. The average molecular weight is 153 g/mol. The summed E-state index contributed by atoms with van der Waals surface area (Å²) < 4.78 is 5.23. The van der Waals surface area contributed by atoms with E-state index in [9.17, 15) is 0 Å². The fourth-order valence-corrected chi connectivity index (χ4v) is 2.35. The largest absolute Gasteiger partial charge is 0.420 e. The minimum atomic E-state index is -1.31. The van der Waals surface area contributed by atoms with Gasteiger partial charge in [0.25, 0.3) is 0 Å². The van der Waals surface area contributed by atoms with Crippen molar-refractivity contribution in [3.8, 4) is 0 Å². The highest BCUT2D eigenvalue weighted by molar-refractivity contribution is 6.71. The number of rotatable bonds is 3. The number of hydrogen-bond donors (Lipinski definition) is 0. The number of hydrogen-bond acceptors (Lipinski definition) is 1. The topological polar surface area (TPSA) is 9.23 Å². The van der Waals surface area contributed by atoms with Gasteiger partial charge in [-0.1, -0.05) is 0 Å². The van der Waals surface area contributed by atoms with Crippen LogP contribution < -0.4 is 0 Å². The van der Waals surface area contributed by atoms with E-state index in [1.165, 1.54) is 0 Å². The van der Waals surface area contributed by atoms with Crippen molar-refractivity contribution < 1.29 is 4.43 Å². The third-order valence-corrected chi connectivity index (χ3v) is 4.31. The van der Waals surface area contributed by atoms with Gasteiger partial charge in [0.1, 0.15) is 0 Å². The standard InChI is InChI=1S/C5H13ClOSi/c1-7-8(2,3)5-4-6/h4-5H2,1-3H3. The molecule has 0 unspecified atom stereocenters. The zero-order valence-corrected chi connectivity index (χ0v) is 7.46. The minimum Gasteiger partial charge on any atom is -0.420 e. The van der Waals surface area contributed by atoms with Crippen LogP contribution in [0.3, 0.4) is 0 Å². The molecule has 0 amide bonds. The molecule has 0 spiro atoms. The highest BCUT2D eigenvalue weighted by atomic mass is 35.5. The van der Waals surface area contributed by atoms with Gasteiger partial charge >= 0.3 is 0 Å². The number of alkyl halides is 1. The van der Waals surface area contributed by atoms with Crippen molar-refractivity contribution in [3.63, 3.8) is 0 Å². The predicted molar refractivity (Wildman–Crippen MR) is 40.0 cm³/mol. The van der Waals surface area contributed by atoms with E-state index in [0.717, 1.165) is 11.9 Å². The van der Waals surface area contributed by atoms with Gasteiger partial charge in [-0.2, -0.15) is 0 Å². The Morgan fingerprint density at radius 3 is 2.12 bits per heavy atom. The van der Waals surface area contributed by atoms with Crippen LogP contribution in [0.2, 0.25) is 19.1 Å². The summed E-state index contributed by atoms with van der Waals surface area (Å²) in [6.07, 6.45) is 0. The van der Waals surface area contributed by atoms with Gasteiger partial charge in [-0.05, 0) is 19.1 Å². The van der Waals surface area contributed by atoms with Gasteiger partial charge in [0.05, 0.1) is 0 Å². The number of halogens is 1. The average Bonchev–Trinajstić information content (AvgIpc) is 1.67. The summed E-state index contributed by atoms with van der Waals surface area (Å²) in [7, 11) is 0.453. The summed E-state index contributed by atoms with van der Waals surface area (Å²) in [5, 5.41) is 0. The van der Waals surface area contributed by atoms with Crippen LogP contribution in [-0.2, 0) is 4.43 Å². The SMILES string of the molecule is CO[Si](C)(C)CCCl. The smallest absolute Gasteiger partial charge is 0.187 e. The summed E-state index contributed by atoms with van der Waals surface area (Å²) in [6.45, 7) is 4.32. The Morgan fingerprint density at radius 1 is 1.50 bits per heavy atom. The van der Waals surface area contributed by atoms with Gasteiger partial charge in [0.2, 0.25) is 0 Å². The first kappa shape index (κ1) is 8.47. The Morgan fingerprint density at radius 2 is 2.00 bits per heavy atom. The summed E-state index contributed by atoms with van der Waals surface area (Å²) in [5.41, 5.74) is 0. The van der Waals surface area contributed by atoms with Crippen LogP contribution in [0.4, 0.5) is 0 Å². The van der Waals surface area contributed by atoms with E-state index in [0.29, 0.717) is 0 Å². The summed E-state index contributed by atoms with van der Waals surface area (Å²) in [5.74, 6) is 0.729. The summed E-state index contributed by atoms with van der Waals surface area (Å²) in [4.78, 5) is 0. The first-order chi connectivity index (χ1) is 3.62. The van der Waals surface area contributed by atoms with E-state index in [1.54, 1.807) is 7.11 Å². The molecule has 0 rings (SSSR count). The predicted octanol–water partition coefficient (Wildman–Crippen LogP) is 2.08. The van der Waals surface area contributed by atoms with Crippen LogP contribution in [-0.4, -0.2) is 21.3 Å². The Hall–Kier alpha value is 0.467.